The van der Waals surface area contributed by atoms with Gasteiger partial charge in [0.1, 0.15) is 5.75 Å². The predicted octanol–water partition coefficient (Wildman–Crippen LogP) is 4.40. The third-order valence-electron chi connectivity index (χ3n) is 3.84. The van der Waals surface area contributed by atoms with E-state index in [0.29, 0.717) is 29.2 Å². The van der Waals surface area contributed by atoms with Crippen LogP contribution in [0.4, 0.5) is 0 Å². The second-order valence-corrected chi connectivity index (χ2v) is 6.24. The Balaban J connectivity index is 2.62. The largest absolute Gasteiger partial charge is 0.495 e. The zero-order valence-electron chi connectivity index (χ0n) is 10.7. The molecule has 1 aromatic rings. The Morgan fingerprint density at radius 2 is 2.00 bits per heavy atom. The second kappa shape index (κ2) is 5.71. The minimum absolute atomic E-state index is 0.443. The lowest BCUT2D eigenvalue weighted by Crippen LogP contribution is -2.38. The summed E-state index contributed by atoms with van der Waals surface area (Å²) in [5, 5.41) is 10.2. The van der Waals surface area contributed by atoms with E-state index in [9.17, 15) is 9.90 Å². The van der Waals surface area contributed by atoms with Gasteiger partial charge < -0.3 is 9.84 Å². The number of rotatable bonds is 3. The summed E-state index contributed by atoms with van der Waals surface area (Å²) < 4.78 is 6.12. The normalized spacial score (nSPS) is 18.1. The molecule has 5 heteroatoms. The molecule has 1 fully saturated rings. The molecule has 0 spiro atoms. The van der Waals surface area contributed by atoms with E-state index < -0.39 is 11.4 Å². The standard InChI is InChI=1S/C14H16BrClO3/c1-19-12-10(7-9(15)8-11(12)16)14(13(17)18)5-3-2-4-6-14/h7-8H,2-6H2,1H3,(H,17,18). The van der Waals surface area contributed by atoms with E-state index in [1.54, 1.807) is 6.07 Å². The van der Waals surface area contributed by atoms with Crippen LogP contribution in [0.15, 0.2) is 16.6 Å². The van der Waals surface area contributed by atoms with E-state index in [-0.39, 0.29) is 0 Å². The zero-order chi connectivity index (χ0) is 14.0. The molecule has 1 aliphatic carbocycles. The van der Waals surface area contributed by atoms with Crippen LogP contribution in [-0.4, -0.2) is 18.2 Å². The van der Waals surface area contributed by atoms with E-state index in [4.69, 9.17) is 16.3 Å². The number of benzene rings is 1. The smallest absolute Gasteiger partial charge is 0.314 e. The van der Waals surface area contributed by atoms with Gasteiger partial charge in [0.05, 0.1) is 17.5 Å². The summed E-state index contributed by atoms with van der Waals surface area (Å²) >= 11 is 9.56. The second-order valence-electron chi connectivity index (χ2n) is 4.92. The number of carbonyl (C=O) groups is 1. The fourth-order valence-electron chi connectivity index (χ4n) is 2.88. The highest BCUT2D eigenvalue weighted by Crippen LogP contribution is 2.46. The van der Waals surface area contributed by atoms with Gasteiger partial charge >= 0.3 is 5.97 Å². The Hall–Kier alpha value is -0.740. The van der Waals surface area contributed by atoms with Crippen molar-refractivity contribution < 1.29 is 14.6 Å². The van der Waals surface area contributed by atoms with Gasteiger partial charge in [-0.25, -0.2) is 0 Å². The average Bonchev–Trinajstić information content (AvgIpc) is 2.38. The molecule has 2 rings (SSSR count). The first kappa shape index (κ1) is 14.7. The molecule has 1 saturated carbocycles. The number of carboxylic acid groups (broad SMARTS) is 1. The minimum Gasteiger partial charge on any atom is -0.495 e. The number of methoxy groups -OCH3 is 1. The maximum atomic E-state index is 11.9. The van der Waals surface area contributed by atoms with Crippen LogP contribution in [0.5, 0.6) is 5.75 Å². The van der Waals surface area contributed by atoms with Crippen molar-refractivity contribution in [2.75, 3.05) is 7.11 Å². The van der Waals surface area contributed by atoms with Gasteiger partial charge in [-0.1, -0.05) is 46.8 Å². The van der Waals surface area contributed by atoms with Crippen molar-refractivity contribution in [2.24, 2.45) is 0 Å². The van der Waals surface area contributed by atoms with Crippen molar-refractivity contribution in [2.45, 2.75) is 37.5 Å². The van der Waals surface area contributed by atoms with E-state index in [2.05, 4.69) is 15.9 Å². The maximum Gasteiger partial charge on any atom is 0.314 e. The first-order valence-corrected chi connectivity index (χ1v) is 7.45. The highest BCUT2D eigenvalue weighted by Gasteiger charge is 2.43. The Bertz CT molecular complexity index is 496. The fourth-order valence-corrected chi connectivity index (χ4v) is 3.76. The molecule has 0 atom stereocenters. The number of hydrogen-bond acceptors (Lipinski definition) is 2. The molecule has 1 aliphatic rings. The van der Waals surface area contributed by atoms with E-state index >= 15 is 0 Å². The fraction of sp³-hybridized carbons (Fsp3) is 0.500. The lowest BCUT2D eigenvalue weighted by atomic mass is 9.69. The van der Waals surface area contributed by atoms with Gasteiger partial charge in [0.15, 0.2) is 0 Å². The number of aliphatic carboxylic acids is 1. The third kappa shape index (κ3) is 2.61. The van der Waals surface area contributed by atoms with E-state index in [0.717, 1.165) is 23.7 Å². The van der Waals surface area contributed by atoms with Gasteiger partial charge in [0.25, 0.3) is 0 Å². The first-order valence-electron chi connectivity index (χ1n) is 6.28. The molecular weight excluding hydrogens is 332 g/mol. The van der Waals surface area contributed by atoms with Crippen molar-refractivity contribution in [3.05, 3.63) is 27.2 Å². The van der Waals surface area contributed by atoms with Gasteiger partial charge in [-0.2, -0.15) is 0 Å². The van der Waals surface area contributed by atoms with Crippen LogP contribution in [0.25, 0.3) is 0 Å². The number of carboxylic acids is 1. The van der Waals surface area contributed by atoms with E-state index in [1.807, 2.05) is 6.07 Å². The quantitative estimate of drug-likeness (QED) is 0.881. The summed E-state index contributed by atoms with van der Waals surface area (Å²) in [7, 11) is 1.52. The Morgan fingerprint density at radius 3 is 2.53 bits per heavy atom. The van der Waals surface area contributed by atoms with Crippen LogP contribution in [0.3, 0.4) is 0 Å². The Morgan fingerprint density at radius 1 is 1.37 bits per heavy atom. The summed E-state index contributed by atoms with van der Waals surface area (Å²) in [5.74, 6) is -0.311. The number of hydrogen-bond donors (Lipinski definition) is 1. The topological polar surface area (TPSA) is 46.5 Å². The van der Waals surface area contributed by atoms with Gasteiger partial charge in [0.2, 0.25) is 0 Å². The monoisotopic (exact) mass is 346 g/mol. The van der Waals surface area contributed by atoms with Crippen LogP contribution < -0.4 is 4.74 Å². The molecule has 0 aliphatic heterocycles. The Labute approximate surface area is 126 Å². The van der Waals surface area contributed by atoms with Crippen LogP contribution >= 0.6 is 27.5 Å². The van der Waals surface area contributed by atoms with Gasteiger partial charge in [-0.3, -0.25) is 4.79 Å². The summed E-state index contributed by atoms with van der Waals surface area (Å²) in [4.78, 5) is 11.9. The maximum absolute atomic E-state index is 11.9. The molecule has 3 nitrogen and oxygen atoms in total. The van der Waals surface area contributed by atoms with Crippen molar-refractivity contribution >= 4 is 33.5 Å². The first-order chi connectivity index (χ1) is 9.01. The lowest BCUT2D eigenvalue weighted by Gasteiger charge is -2.35. The average molecular weight is 348 g/mol. The molecule has 1 aromatic carbocycles. The van der Waals surface area contributed by atoms with Crippen LogP contribution in [0, 0.1) is 0 Å². The lowest BCUT2D eigenvalue weighted by molar-refractivity contribution is -0.145. The summed E-state index contributed by atoms with van der Waals surface area (Å²) in [5.41, 5.74) is -0.196. The van der Waals surface area contributed by atoms with Crippen molar-refractivity contribution in [1.29, 1.82) is 0 Å². The summed E-state index contributed by atoms with van der Waals surface area (Å²) in [6.45, 7) is 0. The van der Waals surface area contributed by atoms with Crippen LogP contribution in [-0.2, 0) is 10.2 Å². The van der Waals surface area contributed by atoms with Crippen LogP contribution in [0.2, 0.25) is 5.02 Å². The summed E-state index contributed by atoms with van der Waals surface area (Å²) in [6.07, 6.45) is 4.18. The van der Waals surface area contributed by atoms with Gasteiger partial charge in [-0.15, -0.1) is 0 Å². The zero-order valence-corrected chi connectivity index (χ0v) is 13.1. The van der Waals surface area contributed by atoms with Gasteiger partial charge in [0, 0.05) is 10.0 Å². The third-order valence-corrected chi connectivity index (χ3v) is 4.58. The molecule has 0 radical (unpaired) electrons. The highest BCUT2D eigenvalue weighted by atomic mass is 79.9. The van der Waals surface area contributed by atoms with Crippen LogP contribution in [0.1, 0.15) is 37.7 Å². The van der Waals surface area contributed by atoms with E-state index in [1.165, 1.54) is 7.11 Å². The Kier molecular flexibility index (Phi) is 4.41. The SMILES string of the molecule is COc1c(Cl)cc(Br)cc1C1(C(=O)O)CCCCC1. The molecule has 0 saturated heterocycles. The number of ether oxygens (including phenoxy) is 1. The molecule has 0 aromatic heterocycles. The predicted molar refractivity (Wildman–Crippen MR) is 78.1 cm³/mol. The molecule has 104 valence electrons. The van der Waals surface area contributed by atoms with Crippen molar-refractivity contribution in [1.82, 2.24) is 0 Å². The molecule has 1 N–H and O–H groups in total. The molecule has 0 heterocycles. The minimum atomic E-state index is -0.878. The molecule has 0 unspecified atom stereocenters. The highest BCUT2D eigenvalue weighted by molar-refractivity contribution is 9.10. The van der Waals surface area contributed by atoms with Crippen molar-refractivity contribution in [3.63, 3.8) is 0 Å². The molecular formula is C14H16BrClO3. The molecule has 19 heavy (non-hydrogen) atoms. The van der Waals surface area contributed by atoms with Crippen molar-refractivity contribution in [3.8, 4) is 5.75 Å². The summed E-state index contributed by atoms with van der Waals surface area (Å²) in [6, 6.07) is 3.55. The molecule has 0 amide bonds. The molecule has 0 bridgehead atoms. The van der Waals surface area contributed by atoms with Gasteiger partial charge in [-0.05, 0) is 25.0 Å². The number of halogens is 2.